The van der Waals surface area contributed by atoms with Gasteiger partial charge in [0.15, 0.2) is 5.41 Å². The van der Waals surface area contributed by atoms with E-state index < -0.39 is 5.41 Å². The molecule has 1 fully saturated rings. The molecule has 9 nitrogen and oxygen atoms in total. The third-order valence-corrected chi connectivity index (χ3v) is 7.98. The van der Waals surface area contributed by atoms with Gasteiger partial charge in [0.05, 0.1) is 7.11 Å². The molecule has 1 spiro atoms. The van der Waals surface area contributed by atoms with Crippen LogP contribution < -0.4 is 20.7 Å². The van der Waals surface area contributed by atoms with Crippen molar-refractivity contribution in [2.45, 2.75) is 24.7 Å². The first kappa shape index (κ1) is 24.7. The van der Waals surface area contributed by atoms with Crippen LogP contribution in [0.1, 0.15) is 34.3 Å². The van der Waals surface area contributed by atoms with Gasteiger partial charge in [-0.25, -0.2) is 0 Å². The minimum Gasteiger partial charge on any atom is -0.497 e. The molecule has 1 saturated heterocycles. The molecular weight excluding hydrogens is 496 g/mol. The van der Waals surface area contributed by atoms with Gasteiger partial charge in [-0.15, -0.1) is 0 Å². The van der Waals surface area contributed by atoms with Crippen LogP contribution in [0.5, 0.6) is 5.75 Å². The van der Waals surface area contributed by atoms with Crippen molar-refractivity contribution in [1.29, 1.82) is 0 Å². The predicted octanol–water partition coefficient (Wildman–Crippen LogP) is 3.57. The minimum atomic E-state index is -1.34. The lowest BCUT2D eigenvalue weighted by Gasteiger charge is -2.32. The first-order chi connectivity index (χ1) is 18.9. The van der Waals surface area contributed by atoms with Crippen LogP contribution in [0.4, 0.5) is 17.1 Å². The maximum atomic E-state index is 13.1. The molecule has 1 atom stereocenters. The molecule has 3 aromatic carbocycles. The number of rotatable bonds is 4. The predicted molar refractivity (Wildman–Crippen MR) is 146 cm³/mol. The SMILES string of the molecule is COc1ccc(C(=O)N2CCC(C(=O)Nc3ccc4c(c3)NC(=O)C43Cc4ccccc4NC3=O)CC2)cc1. The monoisotopic (exact) mass is 524 g/mol. The van der Waals surface area contributed by atoms with Gasteiger partial charge < -0.3 is 25.6 Å². The molecule has 3 heterocycles. The third-order valence-electron chi connectivity index (χ3n) is 7.98. The Bertz CT molecular complexity index is 1490. The second kappa shape index (κ2) is 9.58. The van der Waals surface area contributed by atoms with Gasteiger partial charge in [0, 0.05) is 53.6 Å². The Balaban J connectivity index is 1.11. The van der Waals surface area contributed by atoms with Gasteiger partial charge in [-0.05, 0) is 60.9 Å². The van der Waals surface area contributed by atoms with Gasteiger partial charge in [-0.1, -0.05) is 24.3 Å². The third kappa shape index (κ3) is 4.20. The van der Waals surface area contributed by atoms with Crippen LogP contribution in [0.2, 0.25) is 0 Å². The number of anilines is 3. The fourth-order valence-electron chi connectivity index (χ4n) is 5.75. The van der Waals surface area contributed by atoms with E-state index in [1.807, 2.05) is 24.3 Å². The molecule has 3 aromatic rings. The fourth-order valence-corrected chi connectivity index (χ4v) is 5.75. The van der Waals surface area contributed by atoms with Crippen LogP contribution in [-0.2, 0) is 26.2 Å². The summed E-state index contributed by atoms with van der Waals surface area (Å²) in [6.45, 7) is 0.977. The lowest BCUT2D eigenvalue weighted by molar-refractivity contribution is -0.131. The second-order valence-electron chi connectivity index (χ2n) is 10.2. The molecule has 1 unspecified atom stereocenters. The van der Waals surface area contributed by atoms with E-state index in [0.717, 1.165) is 11.3 Å². The number of amides is 4. The Kier molecular flexibility index (Phi) is 6.06. The van der Waals surface area contributed by atoms with Crippen molar-refractivity contribution >= 4 is 40.7 Å². The van der Waals surface area contributed by atoms with Crippen LogP contribution in [0.3, 0.4) is 0 Å². The molecule has 198 valence electrons. The number of carbonyl (C=O) groups is 4. The molecule has 3 aliphatic heterocycles. The maximum absolute atomic E-state index is 13.1. The van der Waals surface area contributed by atoms with E-state index >= 15 is 0 Å². The number of benzene rings is 3. The van der Waals surface area contributed by atoms with Crippen molar-refractivity contribution in [3.05, 3.63) is 83.4 Å². The number of piperidine rings is 1. The minimum absolute atomic E-state index is 0.0609. The van der Waals surface area contributed by atoms with Crippen molar-refractivity contribution in [1.82, 2.24) is 4.90 Å². The van der Waals surface area contributed by atoms with Gasteiger partial charge in [-0.2, -0.15) is 0 Å². The van der Waals surface area contributed by atoms with E-state index in [0.29, 0.717) is 54.2 Å². The molecule has 3 N–H and O–H groups in total. The highest BCUT2D eigenvalue weighted by atomic mass is 16.5. The summed E-state index contributed by atoms with van der Waals surface area (Å²) in [5.41, 5.74) is 2.53. The van der Waals surface area contributed by atoms with Gasteiger partial charge in [0.25, 0.3) is 5.91 Å². The molecule has 0 saturated carbocycles. The summed E-state index contributed by atoms with van der Waals surface area (Å²) in [6, 6.07) is 19.6. The molecule has 4 amide bonds. The Morgan fingerprint density at radius 3 is 2.33 bits per heavy atom. The topological polar surface area (TPSA) is 117 Å². The van der Waals surface area contributed by atoms with E-state index in [2.05, 4.69) is 16.0 Å². The van der Waals surface area contributed by atoms with Crippen LogP contribution in [0, 0.1) is 5.92 Å². The number of ether oxygens (including phenoxy) is 1. The molecule has 6 rings (SSSR count). The molecule has 39 heavy (non-hydrogen) atoms. The summed E-state index contributed by atoms with van der Waals surface area (Å²) in [6.07, 6.45) is 1.38. The highest BCUT2D eigenvalue weighted by Gasteiger charge is 2.55. The zero-order chi connectivity index (χ0) is 27.1. The zero-order valence-corrected chi connectivity index (χ0v) is 21.5. The number of hydrogen-bond donors (Lipinski definition) is 3. The lowest BCUT2D eigenvalue weighted by atomic mass is 9.73. The number of methoxy groups -OCH3 is 1. The van der Waals surface area contributed by atoms with Crippen LogP contribution in [0.25, 0.3) is 0 Å². The van der Waals surface area contributed by atoms with Crippen molar-refractivity contribution in [2.75, 3.05) is 36.1 Å². The average Bonchev–Trinajstić information content (AvgIpc) is 3.24. The van der Waals surface area contributed by atoms with E-state index in [4.69, 9.17) is 4.74 Å². The summed E-state index contributed by atoms with van der Waals surface area (Å²) in [7, 11) is 1.58. The van der Waals surface area contributed by atoms with E-state index in [1.165, 1.54) is 0 Å². The van der Waals surface area contributed by atoms with E-state index in [-0.39, 0.29) is 36.0 Å². The quantitative estimate of drug-likeness (QED) is 0.451. The van der Waals surface area contributed by atoms with Gasteiger partial charge in [0.2, 0.25) is 17.7 Å². The maximum Gasteiger partial charge on any atom is 0.253 e. The summed E-state index contributed by atoms with van der Waals surface area (Å²) in [4.78, 5) is 53.9. The highest BCUT2D eigenvalue weighted by Crippen LogP contribution is 2.45. The molecule has 0 bridgehead atoms. The molecular formula is C30H28N4O5. The zero-order valence-electron chi connectivity index (χ0n) is 21.5. The first-order valence-electron chi connectivity index (χ1n) is 13.0. The normalized spacial score (nSPS) is 20.1. The number of carbonyl (C=O) groups excluding carboxylic acids is 4. The summed E-state index contributed by atoms with van der Waals surface area (Å²) < 4.78 is 5.15. The number of nitrogens with one attached hydrogen (secondary N) is 3. The molecule has 0 aliphatic carbocycles. The van der Waals surface area contributed by atoms with E-state index in [9.17, 15) is 19.2 Å². The highest BCUT2D eigenvalue weighted by molar-refractivity contribution is 6.25. The van der Waals surface area contributed by atoms with Gasteiger partial charge >= 0.3 is 0 Å². The van der Waals surface area contributed by atoms with Crippen molar-refractivity contribution < 1.29 is 23.9 Å². The Hall–Kier alpha value is -4.66. The number of fused-ring (bicyclic) bond motifs is 3. The Morgan fingerprint density at radius 2 is 1.62 bits per heavy atom. The smallest absolute Gasteiger partial charge is 0.253 e. The van der Waals surface area contributed by atoms with Crippen LogP contribution in [-0.4, -0.2) is 48.7 Å². The summed E-state index contributed by atoms with van der Waals surface area (Å²) in [5.74, 6) is -0.466. The molecule has 0 aromatic heterocycles. The molecule has 3 aliphatic rings. The van der Waals surface area contributed by atoms with E-state index in [1.54, 1.807) is 54.5 Å². The second-order valence-corrected chi connectivity index (χ2v) is 10.2. The van der Waals surface area contributed by atoms with Crippen molar-refractivity contribution in [3.8, 4) is 5.75 Å². The summed E-state index contributed by atoms with van der Waals surface area (Å²) in [5, 5.41) is 8.68. The Labute approximate surface area is 225 Å². The average molecular weight is 525 g/mol. The number of para-hydroxylation sites is 1. The molecule has 9 heteroatoms. The standard InChI is InChI=1S/C30H28N4O5/c1-39-22-9-6-19(7-10-22)27(36)34-14-12-18(13-15-34)26(35)31-21-8-11-23-25(16-21)33-29(38)30(23)17-20-4-2-3-5-24(20)32-28(30)37/h2-11,16,18H,12-15,17H2,1H3,(H,31,35)(H,32,37)(H,33,38). The van der Waals surface area contributed by atoms with Gasteiger partial charge in [-0.3, -0.25) is 19.2 Å². The molecule has 0 radical (unpaired) electrons. The lowest BCUT2D eigenvalue weighted by Crippen LogP contribution is -2.50. The van der Waals surface area contributed by atoms with Crippen molar-refractivity contribution in [3.63, 3.8) is 0 Å². The van der Waals surface area contributed by atoms with Crippen molar-refractivity contribution in [2.24, 2.45) is 5.92 Å². The summed E-state index contributed by atoms with van der Waals surface area (Å²) >= 11 is 0. The van der Waals surface area contributed by atoms with Crippen LogP contribution in [0.15, 0.2) is 66.7 Å². The van der Waals surface area contributed by atoms with Gasteiger partial charge in [0.1, 0.15) is 5.75 Å². The number of likely N-dealkylation sites (tertiary alicyclic amines) is 1. The van der Waals surface area contributed by atoms with Crippen LogP contribution >= 0.6 is 0 Å². The number of hydrogen-bond acceptors (Lipinski definition) is 5. The Morgan fingerprint density at radius 1 is 0.923 bits per heavy atom. The number of nitrogens with zero attached hydrogens (tertiary/aromatic N) is 1. The fraction of sp³-hybridized carbons (Fsp3) is 0.267. The first-order valence-corrected chi connectivity index (χ1v) is 13.0. The largest absolute Gasteiger partial charge is 0.497 e.